The van der Waals surface area contributed by atoms with Crippen LogP contribution in [0.3, 0.4) is 0 Å². The fourth-order valence-electron chi connectivity index (χ4n) is 4.51. The Balaban J connectivity index is 1.66. The number of rotatable bonds is 9. The van der Waals surface area contributed by atoms with Gasteiger partial charge in [0.25, 0.3) is 6.43 Å². The summed E-state index contributed by atoms with van der Waals surface area (Å²) in [5.74, 6) is -1.21. The number of aromatic nitrogens is 1. The smallest absolute Gasteiger partial charge is 0.265 e. The zero-order valence-corrected chi connectivity index (χ0v) is 21.1. The van der Waals surface area contributed by atoms with E-state index in [-0.39, 0.29) is 28.7 Å². The summed E-state index contributed by atoms with van der Waals surface area (Å²) in [6, 6.07) is 11.3. The molecule has 1 fully saturated rings. The molecule has 0 amide bonds. The summed E-state index contributed by atoms with van der Waals surface area (Å²) >= 11 is 7.27. The van der Waals surface area contributed by atoms with E-state index in [2.05, 4.69) is 10.3 Å². The lowest BCUT2D eigenvalue weighted by atomic mass is 9.83. The molecule has 2 atom stereocenters. The van der Waals surface area contributed by atoms with Gasteiger partial charge in [0.1, 0.15) is 22.7 Å². The maximum Gasteiger partial charge on any atom is 0.265 e. The number of nitrogens with one attached hydrogen (secondary N) is 1. The fourth-order valence-corrected chi connectivity index (χ4v) is 5.75. The van der Waals surface area contributed by atoms with Crippen LogP contribution in [0.25, 0.3) is 10.6 Å². The summed E-state index contributed by atoms with van der Waals surface area (Å²) in [4.78, 5) is 6.91. The molecule has 11 heteroatoms. The third-order valence-electron chi connectivity index (χ3n) is 6.39. The molecule has 2 N–H and O–H groups in total. The predicted octanol–water partition coefficient (Wildman–Crippen LogP) is 5.59. The van der Waals surface area contributed by atoms with Crippen molar-refractivity contribution < 1.29 is 27.4 Å². The number of nitrogens with zero attached hydrogens (tertiary/aromatic N) is 2. The van der Waals surface area contributed by atoms with E-state index in [0.717, 1.165) is 29.0 Å². The highest BCUT2D eigenvalue weighted by Crippen LogP contribution is 2.39. The number of benzene rings is 2. The van der Waals surface area contributed by atoms with E-state index < -0.39 is 29.7 Å². The number of piperidine rings is 1. The number of hydrogen-bond donors (Lipinski definition) is 2. The molecular formula is C25H26ClF4N3O2S. The molecule has 4 rings (SSSR count). The maximum atomic E-state index is 14.7. The van der Waals surface area contributed by atoms with Crippen LogP contribution in [0.15, 0.2) is 42.5 Å². The lowest BCUT2D eigenvalue weighted by molar-refractivity contribution is -0.0658. The third-order valence-corrected chi connectivity index (χ3v) is 7.89. The lowest BCUT2D eigenvalue weighted by Gasteiger charge is -2.46. The van der Waals surface area contributed by atoms with E-state index in [1.54, 1.807) is 4.90 Å². The highest BCUT2D eigenvalue weighted by Gasteiger charge is 2.46. The first-order valence-corrected chi connectivity index (χ1v) is 12.7. The Bertz CT molecular complexity index is 1180. The minimum Gasteiger partial charge on any atom is -0.494 e. The van der Waals surface area contributed by atoms with Crippen molar-refractivity contribution in [2.75, 3.05) is 25.1 Å². The van der Waals surface area contributed by atoms with Gasteiger partial charge in [0.15, 0.2) is 11.6 Å². The van der Waals surface area contributed by atoms with Gasteiger partial charge in [-0.05, 0) is 24.5 Å². The van der Waals surface area contributed by atoms with Crippen molar-refractivity contribution in [1.29, 1.82) is 0 Å². The fraction of sp³-hybridized carbons (Fsp3) is 0.400. The lowest BCUT2D eigenvalue weighted by Crippen LogP contribution is -2.65. The Kier molecular flexibility index (Phi) is 8.39. The monoisotopic (exact) mass is 543 g/mol. The van der Waals surface area contributed by atoms with Gasteiger partial charge in [-0.2, -0.15) is 0 Å². The zero-order valence-electron chi connectivity index (χ0n) is 19.5. The van der Waals surface area contributed by atoms with E-state index in [1.807, 2.05) is 30.3 Å². The third kappa shape index (κ3) is 5.46. The molecule has 0 spiro atoms. The highest BCUT2D eigenvalue weighted by molar-refractivity contribution is 7.15. The molecule has 194 valence electrons. The summed E-state index contributed by atoms with van der Waals surface area (Å²) in [6.07, 6.45) is -4.04. The molecule has 1 saturated heterocycles. The average Bonchev–Trinajstić information content (AvgIpc) is 3.33. The molecule has 3 aromatic rings. The largest absolute Gasteiger partial charge is 0.494 e. The number of anilines is 1. The molecule has 36 heavy (non-hydrogen) atoms. The van der Waals surface area contributed by atoms with Gasteiger partial charge in [-0.3, -0.25) is 0 Å². The van der Waals surface area contributed by atoms with E-state index in [0.29, 0.717) is 36.6 Å². The average molecular weight is 544 g/mol. The van der Waals surface area contributed by atoms with E-state index >= 15 is 0 Å². The number of aliphatic hydroxyl groups excluding tert-OH is 1. The van der Waals surface area contributed by atoms with Crippen LogP contribution in [0.2, 0.25) is 0 Å². The summed E-state index contributed by atoms with van der Waals surface area (Å²) in [6.45, 7) is 0.814. The molecule has 0 unspecified atom stereocenters. The van der Waals surface area contributed by atoms with Crippen molar-refractivity contribution in [3.05, 3.63) is 64.5 Å². The highest BCUT2D eigenvalue weighted by atomic mass is 35.5. The van der Waals surface area contributed by atoms with Gasteiger partial charge in [-0.1, -0.05) is 30.3 Å². The van der Waals surface area contributed by atoms with Crippen LogP contribution in [0.5, 0.6) is 5.75 Å². The van der Waals surface area contributed by atoms with E-state index in [1.165, 1.54) is 7.11 Å². The molecule has 2 heterocycles. The summed E-state index contributed by atoms with van der Waals surface area (Å²) < 4.78 is 61.4. The number of thiazole rings is 1. The predicted molar refractivity (Wildman–Crippen MR) is 133 cm³/mol. The second-order valence-electron chi connectivity index (χ2n) is 8.67. The second-order valence-corrected chi connectivity index (χ2v) is 10.0. The molecule has 0 saturated carbocycles. The van der Waals surface area contributed by atoms with Crippen molar-refractivity contribution in [2.45, 2.75) is 43.3 Å². The number of aliphatic hydroxyl groups is 1. The normalized spacial score (nSPS) is 19.1. The molecule has 1 aliphatic heterocycles. The Morgan fingerprint density at radius 3 is 2.64 bits per heavy atom. The molecule has 1 aromatic heterocycles. The van der Waals surface area contributed by atoms with Crippen molar-refractivity contribution in [2.24, 2.45) is 0 Å². The van der Waals surface area contributed by atoms with E-state index in [4.69, 9.17) is 16.3 Å². The molecular weight excluding hydrogens is 518 g/mol. The Morgan fingerprint density at radius 2 is 1.97 bits per heavy atom. The van der Waals surface area contributed by atoms with Crippen LogP contribution in [-0.4, -0.2) is 48.4 Å². The summed E-state index contributed by atoms with van der Waals surface area (Å²) in [5, 5.41) is 14.0. The molecule has 0 bridgehead atoms. The number of alkyl halides is 3. The first-order chi connectivity index (χ1) is 17.3. The molecule has 2 aromatic carbocycles. The SMILES string of the molecule is COc1cc(F)c(-c2nc(N3CCC[C@](NCc4ccccc4)([C@H](O)C(F)F)C3)c(CCl)s2)cc1F. The first kappa shape index (κ1) is 26.7. The van der Waals surface area contributed by atoms with Crippen LogP contribution in [0, 0.1) is 11.6 Å². The number of hydrogen-bond acceptors (Lipinski definition) is 6. The summed E-state index contributed by atoms with van der Waals surface area (Å²) in [5.41, 5.74) is -0.466. The van der Waals surface area contributed by atoms with Gasteiger partial charge in [-0.15, -0.1) is 22.9 Å². The topological polar surface area (TPSA) is 57.6 Å². The zero-order chi connectivity index (χ0) is 25.9. The van der Waals surface area contributed by atoms with Gasteiger partial charge in [0, 0.05) is 31.3 Å². The number of halogens is 5. The first-order valence-electron chi connectivity index (χ1n) is 11.4. The molecule has 1 aliphatic rings. The van der Waals surface area contributed by atoms with Crippen molar-refractivity contribution in [1.82, 2.24) is 10.3 Å². The van der Waals surface area contributed by atoms with Crippen LogP contribution >= 0.6 is 22.9 Å². The van der Waals surface area contributed by atoms with Gasteiger partial charge in [0.2, 0.25) is 0 Å². The Hall–Kier alpha value is -2.40. The number of methoxy groups -OCH3 is 1. The molecule has 0 radical (unpaired) electrons. The molecule has 0 aliphatic carbocycles. The van der Waals surface area contributed by atoms with Crippen molar-refractivity contribution >= 4 is 28.8 Å². The maximum absolute atomic E-state index is 14.7. The van der Waals surface area contributed by atoms with Gasteiger partial charge in [0.05, 0.1) is 23.4 Å². The standard InChI is InChI=1S/C25H26ClF4N3O2S/c1-35-19-11-17(27)16(10-18(19)28)24-32-23(20(12-26)36-24)33-9-5-8-25(14-33,21(34)22(29)30)31-13-15-6-3-2-4-7-15/h2-4,6-7,10-11,21-22,31,34H,5,8-9,12-14H2,1H3/t21-,25-/m1/s1. The second kappa shape index (κ2) is 11.3. The molecule has 5 nitrogen and oxygen atoms in total. The Labute approximate surface area is 215 Å². The van der Waals surface area contributed by atoms with Gasteiger partial charge in [-0.25, -0.2) is 22.5 Å². The van der Waals surface area contributed by atoms with Crippen LogP contribution in [0.1, 0.15) is 23.3 Å². The van der Waals surface area contributed by atoms with Crippen LogP contribution < -0.4 is 15.0 Å². The minimum atomic E-state index is -2.96. The minimum absolute atomic E-state index is 0.0395. The Morgan fingerprint density at radius 1 is 1.22 bits per heavy atom. The van der Waals surface area contributed by atoms with Crippen molar-refractivity contribution in [3.63, 3.8) is 0 Å². The van der Waals surface area contributed by atoms with Crippen LogP contribution in [0.4, 0.5) is 23.4 Å². The summed E-state index contributed by atoms with van der Waals surface area (Å²) in [7, 11) is 1.24. The van der Waals surface area contributed by atoms with Gasteiger partial charge >= 0.3 is 0 Å². The van der Waals surface area contributed by atoms with Crippen molar-refractivity contribution in [3.8, 4) is 16.3 Å². The van der Waals surface area contributed by atoms with Gasteiger partial charge < -0.3 is 20.1 Å². The number of ether oxygens (including phenoxy) is 1. The van der Waals surface area contributed by atoms with E-state index in [9.17, 15) is 22.7 Å². The van der Waals surface area contributed by atoms with Crippen LogP contribution in [-0.2, 0) is 12.4 Å². The quantitative estimate of drug-likeness (QED) is 0.272.